The fourth-order valence-electron chi connectivity index (χ4n) is 2.99. The van der Waals surface area contributed by atoms with Gasteiger partial charge in [-0.15, -0.1) is 0 Å². The van der Waals surface area contributed by atoms with Crippen LogP contribution in [0.4, 0.5) is 0 Å². The Labute approximate surface area is 144 Å². The largest absolute Gasteiger partial charge is 0.344 e. The summed E-state index contributed by atoms with van der Waals surface area (Å²) in [6.07, 6.45) is 12.5. The van der Waals surface area contributed by atoms with Gasteiger partial charge in [-0.25, -0.2) is 15.0 Å². The van der Waals surface area contributed by atoms with Crippen LogP contribution in [0.1, 0.15) is 40.6 Å². The van der Waals surface area contributed by atoms with Crippen molar-refractivity contribution in [1.29, 1.82) is 0 Å². The molecule has 0 unspecified atom stereocenters. The van der Waals surface area contributed by atoms with Crippen LogP contribution in [0.25, 0.3) is 11.4 Å². The molecule has 0 aromatic carbocycles. The van der Waals surface area contributed by atoms with Crippen LogP contribution in [0.2, 0.25) is 0 Å². The maximum atomic E-state index is 12.3. The molecule has 0 bridgehead atoms. The Morgan fingerprint density at radius 3 is 2.72 bits per heavy atom. The van der Waals surface area contributed by atoms with E-state index in [1.165, 1.54) is 12.4 Å². The lowest BCUT2D eigenvalue weighted by Gasteiger charge is -2.25. The molecule has 3 aromatic rings. The molecule has 7 nitrogen and oxygen atoms in total. The number of amides is 1. The first kappa shape index (κ1) is 15.3. The number of nitrogens with zero attached hydrogens (tertiary/aromatic N) is 5. The Morgan fingerprint density at radius 1 is 1.04 bits per heavy atom. The predicted molar refractivity (Wildman–Crippen MR) is 90.4 cm³/mol. The highest BCUT2D eigenvalue weighted by Crippen LogP contribution is 2.29. The molecule has 1 aliphatic rings. The Hall–Kier alpha value is -3.22. The number of rotatable bonds is 3. The topological polar surface area (TPSA) is 93.6 Å². The predicted octanol–water partition coefficient (Wildman–Crippen LogP) is 2.14. The number of carbonyl (C=O) groups is 1. The van der Waals surface area contributed by atoms with Gasteiger partial charge in [0.05, 0.1) is 12.2 Å². The summed E-state index contributed by atoms with van der Waals surface area (Å²) in [5, 5.41) is 3.02. The molecule has 1 amide bonds. The summed E-state index contributed by atoms with van der Waals surface area (Å²) in [7, 11) is 0. The lowest BCUT2D eigenvalue weighted by molar-refractivity contribution is 0.0927. The maximum Gasteiger partial charge on any atom is 0.271 e. The zero-order valence-electron chi connectivity index (χ0n) is 13.5. The zero-order valence-corrected chi connectivity index (χ0v) is 13.5. The van der Waals surface area contributed by atoms with Gasteiger partial charge in [0, 0.05) is 47.8 Å². The number of hydrogen-bond donors (Lipinski definition) is 1. The van der Waals surface area contributed by atoms with Gasteiger partial charge in [0.2, 0.25) is 0 Å². The smallest absolute Gasteiger partial charge is 0.271 e. The van der Waals surface area contributed by atoms with Gasteiger partial charge in [-0.05, 0) is 31.4 Å². The van der Waals surface area contributed by atoms with Crippen molar-refractivity contribution in [2.45, 2.75) is 25.3 Å². The number of fused-ring (bicyclic) bond motifs is 1. The third kappa shape index (κ3) is 3.21. The van der Waals surface area contributed by atoms with Crippen molar-refractivity contribution in [1.82, 2.24) is 30.2 Å². The van der Waals surface area contributed by atoms with Crippen molar-refractivity contribution >= 4 is 5.91 Å². The van der Waals surface area contributed by atoms with Crippen LogP contribution in [-0.4, -0.2) is 30.8 Å². The van der Waals surface area contributed by atoms with E-state index in [1.54, 1.807) is 18.6 Å². The SMILES string of the molecule is O=C(N[C@H]1CCCc2nc(-c3ccncc3)ncc21)c1cnccn1. The van der Waals surface area contributed by atoms with Gasteiger partial charge in [-0.1, -0.05) is 0 Å². The monoisotopic (exact) mass is 332 g/mol. The van der Waals surface area contributed by atoms with Gasteiger partial charge >= 0.3 is 0 Å². The molecule has 0 saturated carbocycles. The third-order valence-electron chi connectivity index (χ3n) is 4.22. The van der Waals surface area contributed by atoms with Gasteiger partial charge in [0.15, 0.2) is 5.82 Å². The van der Waals surface area contributed by atoms with Crippen LogP contribution < -0.4 is 5.32 Å². The second-order valence-corrected chi connectivity index (χ2v) is 5.84. The molecule has 0 spiro atoms. The number of nitrogens with one attached hydrogen (secondary N) is 1. The molecule has 3 heterocycles. The first-order valence-corrected chi connectivity index (χ1v) is 8.14. The highest BCUT2D eigenvalue weighted by Gasteiger charge is 2.24. The Kier molecular flexibility index (Phi) is 4.12. The molecule has 4 rings (SSSR count). The first-order chi connectivity index (χ1) is 12.3. The molecule has 0 radical (unpaired) electrons. The summed E-state index contributed by atoms with van der Waals surface area (Å²) in [6, 6.07) is 3.67. The van der Waals surface area contributed by atoms with Gasteiger partial charge in [-0.2, -0.15) is 0 Å². The minimum atomic E-state index is -0.232. The summed E-state index contributed by atoms with van der Waals surface area (Å²) in [5.74, 6) is 0.450. The van der Waals surface area contributed by atoms with E-state index < -0.39 is 0 Å². The highest BCUT2D eigenvalue weighted by atomic mass is 16.1. The minimum absolute atomic E-state index is 0.107. The highest BCUT2D eigenvalue weighted by molar-refractivity contribution is 5.92. The quantitative estimate of drug-likeness (QED) is 0.790. The van der Waals surface area contributed by atoms with E-state index >= 15 is 0 Å². The van der Waals surface area contributed by atoms with Gasteiger partial charge in [-0.3, -0.25) is 14.8 Å². The van der Waals surface area contributed by atoms with Crippen molar-refractivity contribution < 1.29 is 4.79 Å². The molecular weight excluding hydrogens is 316 g/mol. The van der Waals surface area contributed by atoms with Crippen LogP contribution in [0.15, 0.2) is 49.3 Å². The molecule has 1 N–H and O–H groups in total. The van der Waals surface area contributed by atoms with Crippen molar-refractivity contribution in [3.8, 4) is 11.4 Å². The Balaban J connectivity index is 1.59. The number of carbonyl (C=O) groups excluding carboxylic acids is 1. The van der Waals surface area contributed by atoms with E-state index in [4.69, 9.17) is 4.98 Å². The van der Waals surface area contributed by atoms with Crippen LogP contribution in [-0.2, 0) is 6.42 Å². The number of pyridine rings is 1. The first-order valence-electron chi connectivity index (χ1n) is 8.14. The molecule has 7 heteroatoms. The maximum absolute atomic E-state index is 12.3. The molecule has 1 aliphatic carbocycles. The molecular formula is C18H16N6O. The van der Waals surface area contributed by atoms with Gasteiger partial charge in [0.1, 0.15) is 5.69 Å². The standard InChI is InChI=1S/C18H16N6O/c25-18(16-11-20-8-9-21-16)24-15-3-1-2-14-13(15)10-22-17(23-14)12-4-6-19-7-5-12/h4-11,15H,1-3H2,(H,24,25)/t15-/m0/s1. The van der Waals surface area contributed by atoms with Gasteiger partial charge in [0.25, 0.3) is 5.91 Å². The van der Waals surface area contributed by atoms with Crippen LogP contribution >= 0.6 is 0 Å². The molecule has 0 fully saturated rings. The van der Waals surface area contributed by atoms with Gasteiger partial charge < -0.3 is 5.32 Å². The van der Waals surface area contributed by atoms with Crippen LogP contribution in [0, 0.1) is 0 Å². The van der Waals surface area contributed by atoms with Crippen molar-refractivity contribution in [3.63, 3.8) is 0 Å². The lowest BCUT2D eigenvalue weighted by atomic mass is 9.92. The molecule has 3 aromatic heterocycles. The average Bonchev–Trinajstić information content (AvgIpc) is 2.69. The molecule has 0 aliphatic heterocycles. The summed E-state index contributed by atoms with van der Waals surface area (Å²) in [4.78, 5) is 33.5. The fraction of sp³-hybridized carbons (Fsp3) is 0.222. The summed E-state index contributed by atoms with van der Waals surface area (Å²) < 4.78 is 0. The lowest BCUT2D eigenvalue weighted by Crippen LogP contribution is -2.32. The molecule has 1 atom stereocenters. The number of aromatic nitrogens is 5. The molecule has 25 heavy (non-hydrogen) atoms. The fourth-order valence-corrected chi connectivity index (χ4v) is 2.99. The molecule has 0 saturated heterocycles. The molecule has 124 valence electrons. The van der Waals surface area contributed by atoms with E-state index in [0.29, 0.717) is 11.5 Å². The zero-order chi connectivity index (χ0) is 17.1. The van der Waals surface area contributed by atoms with Crippen molar-refractivity contribution in [2.75, 3.05) is 0 Å². The van der Waals surface area contributed by atoms with E-state index in [1.807, 2.05) is 18.3 Å². The van der Waals surface area contributed by atoms with E-state index in [-0.39, 0.29) is 11.9 Å². The van der Waals surface area contributed by atoms with E-state index in [2.05, 4.69) is 25.3 Å². The van der Waals surface area contributed by atoms with Crippen LogP contribution in [0.3, 0.4) is 0 Å². The normalized spacial score (nSPS) is 16.1. The van der Waals surface area contributed by atoms with E-state index in [0.717, 1.165) is 36.1 Å². The van der Waals surface area contributed by atoms with Crippen molar-refractivity contribution in [2.24, 2.45) is 0 Å². The summed E-state index contributed by atoms with van der Waals surface area (Å²) in [5.41, 5.74) is 3.20. The Bertz CT molecular complexity index is 885. The summed E-state index contributed by atoms with van der Waals surface area (Å²) in [6.45, 7) is 0. The minimum Gasteiger partial charge on any atom is -0.344 e. The third-order valence-corrected chi connectivity index (χ3v) is 4.22. The Morgan fingerprint density at radius 2 is 1.92 bits per heavy atom. The van der Waals surface area contributed by atoms with E-state index in [9.17, 15) is 4.79 Å². The van der Waals surface area contributed by atoms with Crippen molar-refractivity contribution in [3.05, 3.63) is 66.3 Å². The second-order valence-electron chi connectivity index (χ2n) is 5.84. The van der Waals surface area contributed by atoms with Crippen LogP contribution in [0.5, 0.6) is 0 Å². The summed E-state index contributed by atoms with van der Waals surface area (Å²) >= 11 is 0. The second kappa shape index (κ2) is 6.72. The number of hydrogen-bond acceptors (Lipinski definition) is 6. The number of aryl methyl sites for hydroxylation is 1. The average molecular weight is 332 g/mol.